The van der Waals surface area contributed by atoms with Crippen LogP contribution in [-0.4, -0.2) is 12.6 Å². The summed E-state index contributed by atoms with van der Waals surface area (Å²) in [6.45, 7) is 10.5. The summed E-state index contributed by atoms with van der Waals surface area (Å²) in [6, 6.07) is 6.23. The average Bonchev–Trinajstić information content (AvgIpc) is 2.71. The number of hydrogen-bond donors (Lipinski definition) is 1. The maximum Gasteiger partial charge on any atom is 0.341 e. The number of nitrogens with two attached hydrogens (primary N) is 1. The van der Waals surface area contributed by atoms with Gasteiger partial charge in [-0.05, 0) is 37.8 Å². The first-order valence-corrected chi connectivity index (χ1v) is 8.26. The number of carbonyl (C=O) groups is 1. The van der Waals surface area contributed by atoms with Crippen LogP contribution in [0.5, 0.6) is 0 Å². The fourth-order valence-electron chi connectivity index (χ4n) is 2.50. The van der Waals surface area contributed by atoms with Gasteiger partial charge in [-0.25, -0.2) is 4.79 Å². The van der Waals surface area contributed by atoms with Crippen molar-refractivity contribution < 1.29 is 9.53 Å². The van der Waals surface area contributed by atoms with Gasteiger partial charge < -0.3 is 10.5 Å². The van der Waals surface area contributed by atoms with Gasteiger partial charge in [-0.15, -0.1) is 11.3 Å². The summed E-state index contributed by atoms with van der Waals surface area (Å²) in [5.74, 6) is -0.0278. The molecule has 1 aromatic carbocycles. The monoisotopic (exact) mass is 317 g/mol. The van der Waals surface area contributed by atoms with Crippen molar-refractivity contribution in [2.75, 3.05) is 12.3 Å². The molecule has 0 radical (unpaired) electrons. The second-order valence-electron chi connectivity index (χ2n) is 6.08. The van der Waals surface area contributed by atoms with E-state index in [0.29, 0.717) is 23.1 Å². The van der Waals surface area contributed by atoms with Gasteiger partial charge in [0.1, 0.15) is 10.6 Å². The summed E-state index contributed by atoms with van der Waals surface area (Å²) < 4.78 is 5.40. The summed E-state index contributed by atoms with van der Waals surface area (Å²) in [7, 11) is 0. The van der Waals surface area contributed by atoms with Gasteiger partial charge in [-0.1, -0.05) is 37.6 Å². The summed E-state index contributed by atoms with van der Waals surface area (Å²) in [4.78, 5) is 13.5. The third-order valence-corrected chi connectivity index (χ3v) is 4.45. The molecule has 4 heteroatoms. The molecule has 0 bridgehead atoms. The number of thiophene rings is 1. The second-order valence-corrected chi connectivity index (χ2v) is 7.34. The van der Waals surface area contributed by atoms with Crippen molar-refractivity contribution in [3.63, 3.8) is 0 Å². The molecular weight excluding hydrogens is 294 g/mol. The van der Waals surface area contributed by atoms with Crippen LogP contribution < -0.4 is 5.73 Å². The zero-order chi connectivity index (χ0) is 16.4. The Morgan fingerprint density at radius 2 is 1.95 bits per heavy atom. The number of anilines is 1. The fourth-order valence-corrected chi connectivity index (χ4v) is 3.43. The summed E-state index contributed by atoms with van der Waals surface area (Å²) in [5, 5.41) is 0.529. The van der Waals surface area contributed by atoms with Gasteiger partial charge in [0.2, 0.25) is 0 Å². The van der Waals surface area contributed by atoms with Gasteiger partial charge in [0.15, 0.2) is 0 Å². The molecule has 0 fully saturated rings. The van der Waals surface area contributed by atoms with E-state index in [1.54, 1.807) is 0 Å². The maximum absolute atomic E-state index is 12.5. The number of benzene rings is 1. The number of esters is 1. The van der Waals surface area contributed by atoms with E-state index in [4.69, 9.17) is 10.5 Å². The highest BCUT2D eigenvalue weighted by Gasteiger charge is 2.24. The van der Waals surface area contributed by atoms with Gasteiger partial charge in [-0.3, -0.25) is 0 Å². The molecule has 1 heterocycles. The Hall–Kier alpha value is -1.81. The molecule has 2 aromatic rings. The van der Waals surface area contributed by atoms with Gasteiger partial charge >= 0.3 is 5.97 Å². The molecule has 0 aliphatic rings. The van der Waals surface area contributed by atoms with Crippen LogP contribution in [-0.2, 0) is 4.74 Å². The van der Waals surface area contributed by atoms with E-state index < -0.39 is 0 Å². The molecule has 0 amide bonds. The van der Waals surface area contributed by atoms with Crippen LogP contribution in [0.1, 0.15) is 40.2 Å². The van der Waals surface area contributed by atoms with Crippen molar-refractivity contribution in [3.8, 4) is 11.1 Å². The quantitative estimate of drug-likeness (QED) is 0.829. The second kappa shape index (κ2) is 6.53. The van der Waals surface area contributed by atoms with Gasteiger partial charge in [0, 0.05) is 10.4 Å². The van der Waals surface area contributed by atoms with E-state index in [9.17, 15) is 4.79 Å². The zero-order valence-electron chi connectivity index (χ0n) is 13.8. The minimum Gasteiger partial charge on any atom is -0.462 e. The summed E-state index contributed by atoms with van der Waals surface area (Å²) >= 11 is 1.44. The van der Waals surface area contributed by atoms with Crippen molar-refractivity contribution >= 4 is 22.3 Å². The molecule has 0 saturated carbocycles. The molecule has 1 aromatic heterocycles. The van der Waals surface area contributed by atoms with Crippen LogP contribution in [0.25, 0.3) is 11.1 Å². The van der Waals surface area contributed by atoms with Gasteiger partial charge in [-0.2, -0.15) is 0 Å². The lowest BCUT2D eigenvalue weighted by atomic mass is 9.96. The third-order valence-electron chi connectivity index (χ3n) is 3.51. The molecule has 0 spiro atoms. The summed E-state index contributed by atoms with van der Waals surface area (Å²) in [6.07, 6.45) is 0. The van der Waals surface area contributed by atoms with Crippen LogP contribution in [0, 0.1) is 26.7 Å². The number of hydrogen-bond acceptors (Lipinski definition) is 4. The molecule has 2 rings (SSSR count). The Bertz CT molecular complexity index is 701. The molecule has 2 N–H and O–H groups in total. The van der Waals surface area contributed by atoms with Crippen LogP contribution in [0.15, 0.2) is 18.2 Å². The lowest BCUT2D eigenvalue weighted by Gasteiger charge is -2.12. The fraction of sp³-hybridized carbons (Fsp3) is 0.389. The normalized spacial score (nSPS) is 11.0. The largest absolute Gasteiger partial charge is 0.462 e. The number of ether oxygens (including phenoxy) is 1. The number of nitrogen functional groups attached to an aromatic ring is 1. The lowest BCUT2D eigenvalue weighted by Crippen LogP contribution is -2.12. The number of aryl methyl sites for hydroxylation is 3. The van der Waals surface area contributed by atoms with Crippen LogP contribution >= 0.6 is 11.3 Å². The Balaban J connectivity index is 2.50. The highest BCUT2D eigenvalue weighted by Crippen LogP contribution is 2.40. The Morgan fingerprint density at radius 1 is 1.27 bits per heavy atom. The van der Waals surface area contributed by atoms with Crippen molar-refractivity contribution in [2.45, 2.75) is 34.6 Å². The van der Waals surface area contributed by atoms with Gasteiger partial charge in [0.25, 0.3) is 0 Å². The highest BCUT2D eigenvalue weighted by molar-refractivity contribution is 7.16. The minimum atomic E-state index is -0.328. The van der Waals surface area contributed by atoms with Crippen LogP contribution in [0.4, 0.5) is 5.00 Å². The number of carbonyl (C=O) groups excluding carboxylic acids is 1. The molecule has 0 saturated heterocycles. The van der Waals surface area contributed by atoms with Crippen LogP contribution in [0.2, 0.25) is 0 Å². The lowest BCUT2D eigenvalue weighted by molar-refractivity contribution is 0.0461. The third kappa shape index (κ3) is 3.33. The Labute approximate surface area is 136 Å². The Morgan fingerprint density at radius 3 is 2.55 bits per heavy atom. The molecule has 0 atom stereocenters. The van der Waals surface area contributed by atoms with E-state index in [1.807, 2.05) is 20.8 Å². The zero-order valence-corrected chi connectivity index (χ0v) is 14.6. The van der Waals surface area contributed by atoms with Crippen molar-refractivity contribution in [3.05, 3.63) is 39.8 Å². The standard InChI is InChI=1S/C18H23NO2S/c1-10(2)9-21-18(20)16-15(13(5)22-17(16)19)14-7-6-11(3)8-12(14)4/h6-8,10H,9,19H2,1-5H3. The molecule has 3 nitrogen and oxygen atoms in total. The predicted molar refractivity (Wildman–Crippen MR) is 93.5 cm³/mol. The van der Waals surface area contributed by atoms with Crippen molar-refractivity contribution in [2.24, 2.45) is 5.92 Å². The highest BCUT2D eigenvalue weighted by atomic mass is 32.1. The molecule has 118 valence electrons. The van der Waals surface area contributed by atoms with E-state index in [2.05, 4.69) is 32.0 Å². The number of rotatable bonds is 4. The maximum atomic E-state index is 12.5. The average molecular weight is 317 g/mol. The predicted octanol–water partition coefficient (Wildman–Crippen LogP) is 4.74. The van der Waals surface area contributed by atoms with Gasteiger partial charge in [0.05, 0.1) is 6.61 Å². The topological polar surface area (TPSA) is 52.3 Å². The molecule has 22 heavy (non-hydrogen) atoms. The smallest absolute Gasteiger partial charge is 0.341 e. The van der Waals surface area contributed by atoms with E-state index in [-0.39, 0.29) is 5.97 Å². The van der Waals surface area contributed by atoms with Crippen molar-refractivity contribution in [1.29, 1.82) is 0 Å². The first-order chi connectivity index (χ1) is 10.3. The van der Waals surface area contributed by atoms with Crippen LogP contribution in [0.3, 0.4) is 0 Å². The molecular formula is C18H23NO2S. The Kier molecular flexibility index (Phi) is 4.91. The SMILES string of the molecule is Cc1ccc(-c2c(C)sc(N)c2C(=O)OCC(C)C)c(C)c1. The van der Waals surface area contributed by atoms with E-state index in [0.717, 1.165) is 21.6 Å². The van der Waals surface area contributed by atoms with E-state index >= 15 is 0 Å². The molecule has 0 aliphatic heterocycles. The minimum absolute atomic E-state index is 0.300. The first-order valence-electron chi connectivity index (χ1n) is 7.44. The van der Waals surface area contributed by atoms with E-state index in [1.165, 1.54) is 16.9 Å². The van der Waals surface area contributed by atoms with Crippen molar-refractivity contribution in [1.82, 2.24) is 0 Å². The molecule has 0 unspecified atom stereocenters. The first kappa shape index (κ1) is 16.6. The molecule has 0 aliphatic carbocycles. The summed E-state index contributed by atoms with van der Waals surface area (Å²) in [5.41, 5.74) is 10.9.